The molecule has 0 radical (unpaired) electrons. The molecule has 2 aromatic rings. The highest BCUT2D eigenvalue weighted by Gasteiger charge is 2.15. The Morgan fingerprint density at radius 2 is 1.64 bits per heavy atom. The largest absolute Gasteiger partial charge is 0.337 e. The first-order valence-electron chi connectivity index (χ1n) is 7.71. The van der Waals surface area contributed by atoms with Gasteiger partial charge in [-0.2, -0.15) is 0 Å². The zero-order chi connectivity index (χ0) is 15.9. The van der Waals surface area contributed by atoms with Crippen LogP contribution in [0.3, 0.4) is 0 Å². The second kappa shape index (κ2) is 7.76. The van der Waals surface area contributed by atoms with Crippen molar-refractivity contribution in [2.45, 2.75) is 20.3 Å². The lowest BCUT2D eigenvalue weighted by atomic mass is 10.1. The Kier molecular flexibility index (Phi) is 5.73. The van der Waals surface area contributed by atoms with Crippen molar-refractivity contribution in [3.05, 3.63) is 70.8 Å². The second-order valence-corrected chi connectivity index (χ2v) is 5.69. The van der Waals surface area contributed by atoms with E-state index >= 15 is 0 Å². The van der Waals surface area contributed by atoms with Crippen LogP contribution in [-0.4, -0.2) is 30.4 Å². The highest BCUT2D eigenvalue weighted by molar-refractivity contribution is 5.94. The van der Waals surface area contributed by atoms with Crippen molar-refractivity contribution >= 4 is 5.91 Å². The third kappa shape index (κ3) is 4.43. The van der Waals surface area contributed by atoms with Crippen molar-refractivity contribution in [3.8, 4) is 0 Å². The summed E-state index contributed by atoms with van der Waals surface area (Å²) in [5.74, 6) is 0.0631. The summed E-state index contributed by atoms with van der Waals surface area (Å²) in [7, 11) is 0. The van der Waals surface area contributed by atoms with Crippen LogP contribution in [0.4, 0.5) is 0 Å². The van der Waals surface area contributed by atoms with E-state index in [0.29, 0.717) is 19.6 Å². The van der Waals surface area contributed by atoms with Crippen LogP contribution < -0.4 is 5.73 Å². The van der Waals surface area contributed by atoms with E-state index in [1.165, 1.54) is 5.56 Å². The lowest BCUT2D eigenvalue weighted by molar-refractivity contribution is 0.0762. The molecule has 3 heteroatoms. The summed E-state index contributed by atoms with van der Waals surface area (Å²) >= 11 is 0. The van der Waals surface area contributed by atoms with Crippen LogP contribution in [0.2, 0.25) is 0 Å². The number of carbonyl (C=O) groups is 1. The zero-order valence-electron chi connectivity index (χ0n) is 13.4. The number of rotatable bonds is 6. The SMILES string of the molecule is Cc1cc(C)cc(C(=O)N(CCN)CCc2ccccc2)c1. The van der Waals surface area contributed by atoms with Crippen LogP contribution in [-0.2, 0) is 6.42 Å². The molecule has 0 heterocycles. The van der Waals surface area contributed by atoms with Gasteiger partial charge < -0.3 is 10.6 Å². The van der Waals surface area contributed by atoms with Crippen LogP contribution in [0.25, 0.3) is 0 Å². The van der Waals surface area contributed by atoms with Gasteiger partial charge in [0.1, 0.15) is 0 Å². The van der Waals surface area contributed by atoms with Crippen LogP contribution in [0.1, 0.15) is 27.0 Å². The maximum absolute atomic E-state index is 12.7. The maximum atomic E-state index is 12.7. The lowest BCUT2D eigenvalue weighted by Gasteiger charge is -2.22. The fourth-order valence-corrected chi connectivity index (χ4v) is 2.66. The van der Waals surface area contributed by atoms with E-state index < -0.39 is 0 Å². The van der Waals surface area contributed by atoms with Gasteiger partial charge in [0.15, 0.2) is 0 Å². The van der Waals surface area contributed by atoms with E-state index in [1.54, 1.807) is 0 Å². The highest BCUT2D eigenvalue weighted by atomic mass is 16.2. The van der Waals surface area contributed by atoms with Crippen molar-refractivity contribution in [1.29, 1.82) is 0 Å². The van der Waals surface area contributed by atoms with E-state index in [2.05, 4.69) is 18.2 Å². The summed E-state index contributed by atoms with van der Waals surface area (Å²) < 4.78 is 0. The van der Waals surface area contributed by atoms with E-state index in [-0.39, 0.29) is 5.91 Å². The number of nitrogens with two attached hydrogens (primary N) is 1. The van der Waals surface area contributed by atoms with Gasteiger partial charge in [0.2, 0.25) is 0 Å². The van der Waals surface area contributed by atoms with Gasteiger partial charge in [-0.15, -0.1) is 0 Å². The summed E-state index contributed by atoms with van der Waals surface area (Å²) in [6.07, 6.45) is 0.845. The molecule has 22 heavy (non-hydrogen) atoms. The lowest BCUT2D eigenvalue weighted by Crippen LogP contribution is -2.37. The zero-order valence-corrected chi connectivity index (χ0v) is 13.4. The average Bonchev–Trinajstić information content (AvgIpc) is 2.51. The summed E-state index contributed by atoms with van der Waals surface area (Å²) in [4.78, 5) is 14.6. The molecule has 2 aromatic carbocycles. The second-order valence-electron chi connectivity index (χ2n) is 5.69. The van der Waals surface area contributed by atoms with Gasteiger partial charge in [0.05, 0.1) is 0 Å². The molecule has 0 aromatic heterocycles. The Morgan fingerprint density at radius 3 is 2.23 bits per heavy atom. The Balaban J connectivity index is 2.10. The fourth-order valence-electron chi connectivity index (χ4n) is 2.66. The molecule has 116 valence electrons. The minimum absolute atomic E-state index is 0.0631. The van der Waals surface area contributed by atoms with Gasteiger partial charge >= 0.3 is 0 Å². The first kappa shape index (κ1) is 16.2. The molecule has 0 aliphatic rings. The van der Waals surface area contributed by atoms with E-state index in [4.69, 9.17) is 5.73 Å². The quantitative estimate of drug-likeness (QED) is 0.891. The number of nitrogens with zero attached hydrogens (tertiary/aromatic N) is 1. The van der Waals surface area contributed by atoms with Crippen LogP contribution >= 0.6 is 0 Å². The smallest absolute Gasteiger partial charge is 0.253 e. The van der Waals surface area contributed by atoms with Gasteiger partial charge in [-0.05, 0) is 38.0 Å². The van der Waals surface area contributed by atoms with Crippen molar-refractivity contribution in [2.24, 2.45) is 5.73 Å². The highest BCUT2D eigenvalue weighted by Crippen LogP contribution is 2.12. The molecule has 0 saturated heterocycles. The number of carbonyl (C=O) groups excluding carboxylic acids is 1. The molecule has 0 atom stereocenters. The molecule has 1 amide bonds. The molecule has 0 aliphatic carbocycles. The summed E-state index contributed by atoms with van der Waals surface area (Å²) in [5.41, 5.74) is 9.88. The molecular formula is C19H24N2O. The molecule has 0 fully saturated rings. The monoisotopic (exact) mass is 296 g/mol. The molecule has 0 unspecified atom stereocenters. The molecular weight excluding hydrogens is 272 g/mol. The Hall–Kier alpha value is -2.13. The summed E-state index contributed by atoms with van der Waals surface area (Å²) in [5, 5.41) is 0. The third-order valence-electron chi connectivity index (χ3n) is 3.67. The van der Waals surface area contributed by atoms with Gasteiger partial charge in [-0.3, -0.25) is 4.79 Å². The topological polar surface area (TPSA) is 46.3 Å². The predicted molar refractivity (Wildman–Crippen MR) is 91.0 cm³/mol. The standard InChI is InChI=1S/C19H24N2O/c1-15-12-16(2)14-18(13-15)19(22)21(11-9-20)10-8-17-6-4-3-5-7-17/h3-7,12-14H,8-11,20H2,1-2H3. The number of amides is 1. The first-order valence-corrected chi connectivity index (χ1v) is 7.71. The van der Waals surface area contributed by atoms with Crippen molar-refractivity contribution in [2.75, 3.05) is 19.6 Å². The Bertz CT molecular complexity index is 602. The summed E-state index contributed by atoms with van der Waals surface area (Å²) in [6.45, 7) is 5.78. The van der Waals surface area contributed by atoms with Gasteiger partial charge in [-0.1, -0.05) is 47.5 Å². The van der Waals surface area contributed by atoms with Gasteiger partial charge in [0.25, 0.3) is 5.91 Å². The third-order valence-corrected chi connectivity index (χ3v) is 3.67. The van der Waals surface area contributed by atoms with Crippen LogP contribution in [0, 0.1) is 13.8 Å². The number of hydrogen-bond donors (Lipinski definition) is 1. The Morgan fingerprint density at radius 1 is 1.00 bits per heavy atom. The normalized spacial score (nSPS) is 10.5. The minimum Gasteiger partial charge on any atom is -0.337 e. The molecule has 0 saturated carbocycles. The first-order chi connectivity index (χ1) is 10.6. The van der Waals surface area contributed by atoms with Gasteiger partial charge in [-0.25, -0.2) is 0 Å². The average molecular weight is 296 g/mol. The molecule has 0 bridgehead atoms. The molecule has 0 spiro atoms. The predicted octanol–water partition coefficient (Wildman–Crippen LogP) is 2.95. The molecule has 0 aliphatic heterocycles. The maximum Gasteiger partial charge on any atom is 0.253 e. The molecule has 2 rings (SSSR count). The van der Waals surface area contributed by atoms with Crippen LogP contribution in [0.15, 0.2) is 48.5 Å². The number of benzene rings is 2. The molecule has 2 N–H and O–H groups in total. The van der Waals surface area contributed by atoms with E-state index in [0.717, 1.165) is 23.1 Å². The minimum atomic E-state index is 0.0631. The number of hydrogen-bond acceptors (Lipinski definition) is 2. The van der Waals surface area contributed by atoms with Crippen molar-refractivity contribution < 1.29 is 4.79 Å². The van der Waals surface area contributed by atoms with Gasteiger partial charge in [0, 0.05) is 25.2 Å². The van der Waals surface area contributed by atoms with Crippen LogP contribution in [0.5, 0.6) is 0 Å². The van der Waals surface area contributed by atoms with Crippen molar-refractivity contribution in [1.82, 2.24) is 4.90 Å². The molecule has 3 nitrogen and oxygen atoms in total. The number of aryl methyl sites for hydroxylation is 2. The van der Waals surface area contributed by atoms with E-state index in [1.807, 2.05) is 49.1 Å². The fraction of sp³-hybridized carbons (Fsp3) is 0.316. The summed E-state index contributed by atoms with van der Waals surface area (Å²) in [6, 6.07) is 16.2. The van der Waals surface area contributed by atoms with E-state index in [9.17, 15) is 4.79 Å². The Labute approximate surface area is 132 Å². The van der Waals surface area contributed by atoms with Crippen molar-refractivity contribution in [3.63, 3.8) is 0 Å².